The van der Waals surface area contributed by atoms with Crippen molar-refractivity contribution in [2.75, 3.05) is 32.0 Å². The van der Waals surface area contributed by atoms with Crippen molar-refractivity contribution in [3.63, 3.8) is 0 Å². The zero-order chi connectivity index (χ0) is 25.3. The lowest BCUT2D eigenvalue weighted by Crippen LogP contribution is -2.28. The van der Waals surface area contributed by atoms with Crippen molar-refractivity contribution >= 4 is 28.7 Å². The Morgan fingerprint density at radius 2 is 1.97 bits per heavy atom. The Bertz CT molecular complexity index is 1190. The molecule has 6 nitrogen and oxygen atoms in total. The van der Waals surface area contributed by atoms with E-state index in [-0.39, 0.29) is 22.8 Å². The van der Waals surface area contributed by atoms with Crippen molar-refractivity contribution in [1.29, 1.82) is 0 Å². The van der Waals surface area contributed by atoms with E-state index in [1.165, 1.54) is 24.3 Å². The highest BCUT2D eigenvalue weighted by Crippen LogP contribution is 2.44. The SMILES string of the molecule is Nc1nc(O[C@H](c2ccc(Cl)cc2C2=CCOCC2)C(F)(F)F)cc(C2=CCC3(CCNC3)CC2)n1. The molecular weight excluding hydrogens is 493 g/mol. The van der Waals surface area contributed by atoms with Crippen molar-refractivity contribution in [3.8, 4) is 5.88 Å². The maximum atomic E-state index is 14.4. The normalized spacial score (nSPS) is 23.3. The van der Waals surface area contributed by atoms with E-state index in [0.717, 1.165) is 49.9 Å². The minimum atomic E-state index is -4.71. The summed E-state index contributed by atoms with van der Waals surface area (Å²) in [6.45, 7) is 2.75. The molecule has 0 amide bonds. The van der Waals surface area contributed by atoms with Crippen LogP contribution in [0.5, 0.6) is 5.88 Å². The summed E-state index contributed by atoms with van der Waals surface area (Å²) in [5.74, 6) is -0.346. The second-order valence-electron chi connectivity index (χ2n) is 9.64. The first-order valence-electron chi connectivity index (χ1n) is 12.1. The van der Waals surface area contributed by atoms with E-state index in [0.29, 0.717) is 35.9 Å². The highest BCUT2D eigenvalue weighted by Gasteiger charge is 2.45. The molecule has 0 bridgehead atoms. The predicted molar refractivity (Wildman–Crippen MR) is 132 cm³/mol. The van der Waals surface area contributed by atoms with Gasteiger partial charge in [0.15, 0.2) is 0 Å². The zero-order valence-electron chi connectivity index (χ0n) is 19.7. The van der Waals surface area contributed by atoms with Crippen LogP contribution in [0.15, 0.2) is 36.4 Å². The number of halogens is 4. The van der Waals surface area contributed by atoms with Crippen LogP contribution in [-0.4, -0.2) is 42.4 Å². The first kappa shape index (κ1) is 25.0. The standard InChI is InChI=1S/C26H28ClF3N4O2/c27-18-1-2-19(20(13-18)16-5-11-35-12-6-16)23(26(28,29)30)36-22-14-21(33-24(31)34-22)17-3-7-25(8-4-17)9-10-32-15-25/h1-3,5,13-14,23,32H,4,6-12,15H2,(H2,31,33,34)/t23-,25?/m1/s1. The van der Waals surface area contributed by atoms with Crippen LogP contribution in [0.1, 0.15) is 55.0 Å². The van der Waals surface area contributed by atoms with Crippen molar-refractivity contribution < 1.29 is 22.6 Å². The third-order valence-corrected chi connectivity index (χ3v) is 7.47. The minimum absolute atomic E-state index is 0.0358. The second-order valence-corrected chi connectivity index (χ2v) is 10.1. The fraction of sp³-hybridized carbons (Fsp3) is 0.462. The molecule has 0 radical (unpaired) electrons. The van der Waals surface area contributed by atoms with Crippen LogP contribution < -0.4 is 15.8 Å². The molecule has 3 heterocycles. The topological polar surface area (TPSA) is 82.3 Å². The molecule has 1 spiro atoms. The number of aromatic nitrogens is 2. The Morgan fingerprint density at radius 3 is 2.64 bits per heavy atom. The molecular formula is C26H28ClF3N4O2. The van der Waals surface area contributed by atoms with Crippen molar-refractivity contribution in [2.24, 2.45) is 5.41 Å². The number of nitrogens with zero attached hydrogens (tertiary/aromatic N) is 2. The molecule has 2 aliphatic heterocycles. The van der Waals surface area contributed by atoms with Crippen molar-refractivity contribution in [3.05, 3.63) is 58.3 Å². The van der Waals surface area contributed by atoms with E-state index in [4.69, 9.17) is 26.8 Å². The van der Waals surface area contributed by atoms with Gasteiger partial charge in [0.05, 0.1) is 18.9 Å². The summed E-state index contributed by atoms with van der Waals surface area (Å²) >= 11 is 6.16. The zero-order valence-corrected chi connectivity index (χ0v) is 20.5. The Kier molecular flexibility index (Phi) is 6.98. The first-order chi connectivity index (χ1) is 17.2. The molecule has 1 aromatic heterocycles. The van der Waals surface area contributed by atoms with Gasteiger partial charge in [-0.15, -0.1) is 0 Å². The van der Waals surface area contributed by atoms with Gasteiger partial charge in [-0.05, 0) is 72.9 Å². The van der Waals surface area contributed by atoms with Crippen LogP contribution in [0.25, 0.3) is 11.1 Å². The molecule has 2 atom stereocenters. The Morgan fingerprint density at radius 1 is 1.11 bits per heavy atom. The van der Waals surface area contributed by atoms with E-state index in [9.17, 15) is 13.2 Å². The van der Waals surface area contributed by atoms with Crippen LogP contribution in [0, 0.1) is 5.41 Å². The van der Waals surface area contributed by atoms with E-state index in [1.54, 1.807) is 6.08 Å². The van der Waals surface area contributed by atoms with Gasteiger partial charge in [0.2, 0.25) is 17.9 Å². The van der Waals surface area contributed by atoms with Gasteiger partial charge in [-0.3, -0.25) is 0 Å². The molecule has 0 saturated carbocycles. The van der Waals surface area contributed by atoms with Gasteiger partial charge in [0.25, 0.3) is 0 Å². The number of alkyl halides is 3. The van der Waals surface area contributed by atoms with Gasteiger partial charge in [0, 0.05) is 23.2 Å². The molecule has 1 fully saturated rings. The molecule has 1 aromatic carbocycles. The highest BCUT2D eigenvalue weighted by atomic mass is 35.5. The number of rotatable bonds is 5. The summed E-state index contributed by atoms with van der Waals surface area (Å²) in [5.41, 5.74) is 8.72. The maximum absolute atomic E-state index is 14.4. The number of nitrogen functional groups attached to an aromatic ring is 1. The number of nitrogens with two attached hydrogens (primary N) is 1. The molecule has 1 unspecified atom stereocenters. The first-order valence-corrected chi connectivity index (χ1v) is 12.4. The molecule has 1 aliphatic carbocycles. The second kappa shape index (κ2) is 10.0. The van der Waals surface area contributed by atoms with E-state index in [1.807, 2.05) is 0 Å². The molecule has 5 rings (SSSR count). The summed E-state index contributed by atoms with van der Waals surface area (Å²) in [7, 11) is 0. The van der Waals surface area contributed by atoms with Crippen LogP contribution in [0.2, 0.25) is 5.02 Å². The fourth-order valence-electron chi connectivity index (χ4n) is 5.26. The Hall–Kier alpha value is -2.62. The number of nitrogens with one attached hydrogen (secondary N) is 1. The molecule has 36 heavy (non-hydrogen) atoms. The third kappa shape index (κ3) is 5.38. The minimum Gasteiger partial charge on any atom is -0.460 e. The lowest BCUT2D eigenvalue weighted by molar-refractivity contribution is -0.198. The number of benzene rings is 1. The molecule has 1 saturated heterocycles. The van der Waals surface area contributed by atoms with E-state index in [2.05, 4.69) is 21.4 Å². The molecule has 10 heteroatoms. The van der Waals surface area contributed by atoms with Gasteiger partial charge in [-0.2, -0.15) is 18.2 Å². The smallest absolute Gasteiger partial charge is 0.429 e. The number of hydrogen-bond acceptors (Lipinski definition) is 6. The van der Waals surface area contributed by atoms with Crippen LogP contribution in [0.4, 0.5) is 19.1 Å². The van der Waals surface area contributed by atoms with Crippen LogP contribution >= 0.6 is 11.6 Å². The molecule has 3 N–H and O–H groups in total. The van der Waals surface area contributed by atoms with Gasteiger partial charge in [-0.25, -0.2) is 4.98 Å². The van der Waals surface area contributed by atoms with Crippen LogP contribution in [0.3, 0.4) is 0 Å². The summed E-state index contributed by atoms with van der Waals surface area (Å²) < 4.78 is 54.0. The third-order valence-electron chi connectivity index (χ3n) is 7.23. The number of anilines is 1. The summed E-state index contributed by atoms with van der Waals surface area (Å²) in [4.78, 5) is 8.28. The maximum Gasteiger partial charge on any atom is 0.429 e. The van der Waals surface area contributed by atoms with Gasteiger partial charge in [0.1, 0.15) is 0 Å². The monoisotopic (exact) mass is 520 g/mol. The summed E-state index contributed by atoms with van der Waals surface area (Å²) in [6.07, 6.45) is 1.19. The average Bonchev–Trinajstić information content (AvgIpc) is 3.30. The van der Waals surface area contributed by atoms with Crippen molar-refractivity contribution in [2.45, 2.75) is 44.4 Å². The molecule has 2 aromatic rings. The fourth-order valence-corrected chi connectivity index (χ4v) is 5.43. The summed E-state index contributed by atoms with van der Waals surface area (Å²) in [6, 6.07) is 5.78. The Labute approximate surface area is 212 Å². The van der Waals surface area contributed by atoms with E-state index < -0.39 is 12.3 Å². The average molecular weight is 521 g/mol. The lowest BCUT2D eigenvalue weighted by atomic mass is 9.74. The number of hydrogen-bond donors (Lipinski definition) is 2. The van der Waals surface area contributed by atoms with Crippen LogP contribution in [-0.2, 0) is 4.74 Å². The number of allylic oxidation sites excluding steroid dienone is 2. The largest absolute Gasteiger partial charge is 0.460 e. The quantitative estimate of drug-likeness (QED) is 0.523. The molecule has 192 valence electrons. The van der Waals surface area contributed by atoms with Crippen molar-refractivity contribution in [1.82, 2.24) is 15.3 Å². The van der Waals surface area contributed by atoms with Gasteiger partial charge >= 0.3 is 6.18 Å². The highest BCUT2D eigenvalue weighted by molar-refractivity contribution is 6.30. The number of ether oxygens (including phenoxy) is 2. The molecule has 3 aliphatic rings. The lowest BCUT2D eigenvalue weighted by Gasteiger charge is -2.31. The van der Waals surface area contributed by atoms with E-state index >= 15 is 0 Å². The summed E-state index contributed by atoms with van der Waals surface area (Å²) in [5, 5.41) is 3.76. The van der Waals surface area contributed by atoms with Gasteiger partial charge in [-0.1, -0.05) is 29.8 Å². The predicted octanol–water partition coefficient (Wildman–Crippen LogP) is 5.75. The Balaban J connectivity index is 1.47. The van der Waals surface area contributed by atoms with Gasteiger partial charge < -0.3 is 20.5 Å².